The predicted octanol–water partition coefficient (Wildman–Crippen LogP) is 1.97. The summed E-state index contributed by atoms with van der Waals surface area (Å²) in [5.41, 5.74) is 4.23. The van der Waals surface area contributed by atoms with Gasteiger partial charge in [0.25, 0.3) is 0 Å². The molecular formula is C13H15NO3. The summed E-state index contributed by atoms with van der Waals surface area (Å²) in [6.45, 7) is 4.11. The fourth-order valence-corrected chi connectivity index (χ4v) is 1.73. The van der Waals surface area contributed by atoms with Crippen molar-refractivity contribution in [3.05, 3.63) is 34.9 Å². The van der Waals surface area contributed by atoms with Crippen LogP contribution >= 0.6 is 0 Å². The Hall–Kier alpha value is -1.84. The lowest BCUT2D eigenvalue weighted by atomic mass is 10.0. The van der Waals surface area contributed by atoms with Crippen molar-refractivity contribution in [3.8, 4) is 0 Å². The molecule has 0 fully saturated rings. The van der Waals surface area contributed by atoms with Gasteiger partial charge in [-0.3, -0.25) is 0 Å². The number of hydrogen-bond donors (Lipinski definition) is 0. The zero-order valence-corrected chi connectivity index (χ0v) is 10.2. The van der Waals surface area contributed by atoms with Gasteiger partial charge in [-0.2, -0.15) is 0 Å². The van der Waals surface area contributed by atoms with Crippen molar-refractivity contribution >= 4 is 11.7 Å². The summed E-state index contributed by atoms with van der Waals surface area (Å²) >= 11 is 0. The lowest BCUT2D eigenvalue weighted by Gasteiger charge is -2.05. The van der Waals surface area contributed by atoms with E-state index in [4.69, 9.17) is 4.84 Å². The zero-order chi connectivity index (χ0) is 12.4. The average Bonchev–Trinajstić information content (AvgIpc) is 2.81. The Morgan fingerprint density at radius 3 is 2.82 bits per heavy atom. The van der Waals surface area contributed by atoms with Crippen LogP contribution in [0.15, 0.2) is 23.4 Å². The van der Waals surface area contributed by atoms with E-state index in [0.29, 0.717) is 6.42 Å². The molecule has 0 N–H and O–H groups in total. The number of esters is 1. The Balaban J connectivity index is 2.15. The summed E-state index contributed by atoms with van der Waals surface area (Å²) in [5.74, 6) is -0.382. The van der Waals surface area contributed by atoms with E-state index in [1.165, 1.54) is 18.2 Å². The normalized spacial score (nSPS) is 18.5. The van der Waals surface area contributed by atoms with E-state index in [1.54, 1.807) is 0 Å². The van der Waals surface area contributed by atoms with Gasteiger partial charge in [0.2, 0.25) is 6.10 Å². The van der Waals surface area contributed by atoms with E-state index in [0.717, 1.165) is 11.3 Å². The summed E-state index contributed by atoms with van der Waals surface area (Å²) in [5, 5.41) is 3.94. The van der Waals surface area contributed by atoms with Crippen LogP contribution < -0.4 is 0 Å². The molecule has 2 rings (SSSR count). The van der Waals surface area contributed by atoms with Crippen LogP contribution in [0.1, 0.15) is 23.1 Å². The number of carbonyl (C=O) groups excluding carboxylic acids is 1. The molecule has 1 heterocycles. The molecule has 90 valence electrons. The number of methoxy groups -OCH3 is 1. The van der Waals surface area contributed by atoms with Gasteiger partial charge < -0.3 is 9.57 Å². The van der Waals surface area contributed by atoms with E-state index in [1.807, 2.05) is 19.1 Å². The highest BCUT2D eigenvalue weighted by molar-refractivity contribution is 6.03. The summed E-state index contributed by atoms with van der Waals surface area (Å²) in [7, 11) is 1.35. The first kappa shape index (κ1) is 11.6. The quantitative estimate of drug-likeness (QED) is 0.734. The fourth-order valence-electron chi connectivity index (χ4n) is 1.73. The number of ether oxygens (including phenoxy) is 1. The summed E-state index contributed by atoms with van der Waals surface area (Å²) in [6, 6.07) is 6.08. The van der Waals surface area contributed by atoms with Crippen LogP contribution in [0.2, 0.25) is 0 Å². The number of nitrogens with zero attached hydrogens (tertiary/aromatic N) is 1. The molecule has 0 aromatic heterocycles. The molecular weight excluding hydrogens is 218 g/mol. The maximum atomic E-state index is 11.3. The minimum atomic E-state index is -0.600. The Labute approximate surface area is 100 Å². The second kappa shape index (κ2) is 4.57. The highest BCUT2D eigenvalue weighted by Crippen LogP contribution is 2.19. The van der Waals surface area contributed by atoms with E-state index >= 15 is 0 Å². The molecule has 1 aromatic carbocycles. The topological polar surface area (TPSA) is 47.9 Å². The van der Waals surface area contributed by atoms with Crippen LogP contribution in [0.5, 0.6) is 0 Å². The first-order valence-corrected chi connectivity index (χ1v) is 5.50. The summed E-state index contributed by atoms with van der Waals surface area (Å²) in [4.78, 5) is 16.3. The smallest absolute Gasteiger partial charge is 0.350 e. The van der Waals surface area contributed by atoms with E-state index < -0.39 is 6.10 Å². The Morgan fingerprint density at radius 1 is 1.41 bits per heavy atom. The minimum absolute atomic E-state index is 0.382. The number of oxime groups is 1. The van der Waals surface area contributed by atoms with Crippen LogP contribution in [0.4, 0.5) is 0 Å². The third-order valence-corrected chi connectivity index (χ3v) is 2.97. The summed E-state index contributed by atoms with van der Waals surface area (Å²) in [6.07, 6.45) is -0.133. The van der Waals surface area contributed by atoms with Crippen LogP contribution in [0, 0.1) is 13.8 Å². The van der Waals surface area contributed by atoms with Crippen molar-refractivity contribution in [2.24, 2.45) is 5.16 Å². The van der Waals surface area contributed by atoms with Gasteiger partial charge in [-0.15, -0.1) is 0 Å². The van der Waals surface area contributed by atoms with Gasteiger partial charge >= 0.3 is 5.97 Å². The molecule has 0 saturated heterocycles. The maximum absolute atomic E-state index is 11.3. The second-order valence-electron chi connectivity index (χ2n) is 4.16. The Bertz CT molecular complexity index is 480. The highest BCUT2D eigenvalue weighted by atomic mass is 16.7. The van der Waals surface area contributed by atoms with Gasteiger partial charge in [0, 0.05) is 6.42 Å². The van der Waals surface area contributed by atoms with Crippen LogP contribution in [0.3, 0.4) is 0 Å². The van der Waals surface area contributed by atoms with Crippen molar-refractivity contribution in [3.63, 3.8) is 0 Å². The number of rotatable bonds is 2. The molecule has 1 unspecified atom stereocenters. The lowest BCUT2D eigenvalue weighted by molar-refractivity contribution is -0.152. The highest BCUT2D eigenvalue weighted by Gasteiger charge is 2.29. The molecule has 1 aliphatic heterocycles. The Morgan fingerprint density at radius 2 is 2.18 bits per heavy atom. The number of benzene rings is 1. The summed E-state index contributed by atoms with van der Waals surface area (Å²) < 4.78 is 4.62. The van der Waals surface area contributed by atoms with Crippen molar-refractivity contribution in [2.75, 3.05) is 7.11 Å². The standard InChI is InChI=1S/C13H15NO3/c1-8-4-5-10(6-9(8)2)11-7-12(17-14-11)13(15)16-3/h4-6,12H,7H2,1-3H3. The molecule has 4 heteroatoms. The van der Waals surface area contributed by atoms with Gasteiger partial charge in [-0.05, 0) is 36.6 Å². The molecule has 0 radical (unpaired) electrons. The first-order valence-electron chi connectivity index (χ1n) is 5.50. The molecule has 0 aliphatic carbocycles. The molecule has 17 heavy (non-hydrogen) atoms. The third-order valence-electron chi connectivity index (χ3n) is 2.97. The molecule has 0 spiro atoms. The molecule has 4 nitrogen and oxygen atoms in total. The predicted molar refractivity (Wildman–Crippen MR) is 64.0 cm³/mol. The van der Waals surface area contributed by atoms with Crippen molar-refractivity contribution < 1.29 is 14.4 Å². The van der Waals surface area contributed by atoms with E-state index in [-0.39, 0.29) is 5.97 Å². The first-order chi connectivity index (χ1) is 8.11. The second-order valence-corrected chi connectivity index (χ2v) is 4.16. The molecule has 0 bridgehead atoms. The monoisotopic (exact) mass is 233 g/mol. The van der Waals surface area contributed by atoms with Gasteiger partial charge in [0.1, 0.15) is 0 Å². The van der Waals surface area contributed by atoms with Gasteiger partial charge in [-0.1, -0.05) is 17.3 Å². The van der Waals surface area contributed by atoms with Crippen molar-refractivity contribution in [2.45, 2.75) is 26.4 Å². The number of carbonyl (C=O) groups is 1. The molecule has 0 amide bonds. The van der Waals surface area contributed by atoms with Crippen molar-refractivity contribution in [1.29, 1.82) is 0 Å². The number of hydrogen-bond acceptors (Lipinski definition) is 4. The lowest BCUT2D eigenvalue weighted by Crippen LogP contribution is -2.22. The fraction of sp³-hybridized carbons (Fsp3) is 0.385. The molecule has 1 aromatic rings. The minimum Gasteiger partial charge on any atom is -0.466 e. The van der Waals surface area contributed by atoms with E-state index in [9.17, 15) is 4.79 Å². The maximum Gasteiger partial charge on any atom is 0.350 e. The van der Waals surface area contributed by atoms with Crippen LogP contribution in [-0.4, -0.2) is 24.9 Å². The molecule has 0 saturated carbocycles. The third kappa shape index (κ3) is 2.30. The number of aryl methyl sites for hydroxylation is 2. The molecule has 1 atom stereocenters. The van der Waals surface area contributed by atoms with Crippen molar-refractivity contribution in [1.82, 2.24) is 0 Å². The Kier molecular flexibility index (Phi) is 3.13. The van der Waals surface area contributed by atoms with Gasteiger partial charge in [0.15, 0.2) is 0 Å². The van der Waals surface area contributed by atoms with Crippen LogP contribution in [-0.2, 0) is 14.4 Å². The SMILES string of the molecule is COC(=O)C1CC(c2ccc(C)c(C)c2)=NO1. The van der Waals surface area contributed by atoms with Gasteiger partial charge in [0.05, 0.1) is 12.8 Å². The molecule has 1 aliphatic rings. The van der Waals surface area contributed by atoms with Gasteiger partial charge in [-0.25, -0.2) is 4.79 Å². The van der Waals surface area contributed by atoms with E-state index in [2.05, 4.69) is 22.9 Å². The zero-order valence-electron chi connectivity index (χ0n) is 10.2. The van der Waals surface area contributed by atoms with Crippen LogP contribution in [0.25, 0.3) is 0 Å². The largest absolute Gasteiger partial charge is 0.466 e. The average molecular weight is 233 g/mol.